The average molecular weight is 812 g/mol. The molecule has 14 heteroatoms. The van der Waals surface area contributed by atoms with Crippen LogP contribution < -0.4 is 10.6 Å². The van der Waals surface area contributed by atoms with Crippen LogP contribution in [0.5, 0.6) is 0 Å². The summed E-state index contributed by atoms with van der Waals surface area (Å²) in [6.45, 7) is 5.44. The van der Waals surface area contributed by atoms with Crippen molar-refractivity contribution in [1.82, 2.24) is 9.97 Å². The van der Waals surface area contributed by atoms with E-state index < -0.39 is 29.4 Å². The number of anilines is 2. The Bertz CT molecular complexity index is 2610. The second-order valence-electron chi connectivity index (χ2n) is 13.4. The maximum atomic E-state index is 12.5. The van der Waals surface area contributed by atoms with E-state index in [1.165, 1.54) is 54.9 Å². The topological polar surface area (TPSA) is 195 Å². The number of carboxylic acids is 1. The van der Waals surface area contributed by atoms with Gasteiger partial charge in [-0.1, -0.05) is 47.5 Å². The Labute approximate surface area is 343 Å². The van der Waals surface area contributed by atoms with Gasteiger partial charge in [0.2, 0.25) is 0 Å². The van der Waals surface area contributed by atoms with Gasteiger partial charge in [-0.3, -0.25) is 19.6 Å². The summed E-state index contributed by atoms with van der Waals surface area (Å²) in [6.07, 6.45) is 2.97. The summed E-state index contributed by atoms with van der Waals surface area (Å²) in [5, 5.41) is 32.9. The number of aromatic carboxylic acids is 1. The zero-order chi connectivity index (χ0) is 42.0. The predicted molar refractivity (Wildman–Crippen MR) is 220 cm³/mol. The molecule has 58 heavy (non-hydrogen) atoms. The quantitative estimate of drug-likeness (QED) is 0.125. The van der Waals surface area contributed by atoms with Crippen LogP contribution in [0.4, 0.5) is 11.4 Å². The maximum absolute atomic E-state index is 12.5. The molecular formula is C44H32Cl2N6O6. The van der Waals surface area contributed by atoms with Crippen molar-refractivity contribution in [1.29, 1.82) is 10.5 Å². The second kappa shape index (κ2) is 18.5. The first-order chi connectivity index (χ1) is 27.6. The SMILES string of the molecule is CC(C)(C)OC(=O)c1cccc(-c2ccc(NC(=O)c3cc(C#N)ccc3Cl)cn2)c1.N#Cc1ccc(Cl)c(C(=O)Nc2ccc(-c3cccc(C(=O)O)c3)nc2)c1. The van der Waals surface area contributed by atoms with Crippen molar-refractivity contribution in [2.75, 3.05) is 10.6 Å². The number of benzene rings is 4. The van der Waals surface area contributed by atoms with Crippen molar-refractivity contribution >= 4 is 58.3 Å². The molecule has 3 N–H and O–H groups in total. The molecule has 12 nitrogen and oxygen atoms in total. The Hall–Kier alpha value is -7.38. The van der Waals surface area contributed by atoms with Crippen LogP contribution in [0.2, 0.25) is 10.0 Å². The number of aromatic nitrogens is 2. The molecule has 288 valence electrons. The number of rotatable bonds is 8. The first-order valence-corrected chi connectivity index (χ1v) is 18.0. The number of hydrogen-bond acceptors (Lipinski definition) is 9. The lowest BCUT2D eigenvalue weighted by molar-refractivity contribution is 0.00691. The molecule has 0 aliphatic heterocycles. The molecule has 0 fully saturated rings. The van der Waals surface area contributed by atoms with E-state index in [2.05, 4.69) is 20.6 Å². The minimum atomic E-state index is -1.02. The van der Waals surface area contributed by atoms with Gasteiger partial charge in [-0.15, -0.1) is 0 Å². The Kier molecular flexibility index (Phi) is 13.3. The summed E-state index contributed by atoms with van der Waals surface area (Å²) in [6, 6.07) is 33.0. The van der Waals surface area contributed by atoms with Crippen LogP contribution in [0, 0.1) is 22.7 Å². The lowest BCUT2D eigenvalue weighted by Gasteiger charge is -2.19. The molecule has 2 amide bonds. The number of nitrogens with zero attached hydrogens (tertiary/aromatic N) is 4. The molecular weight excluding hydrogens is 779 g/mol. The second-order valence-corrected chi connectivity index (χ2v) is 14.2. The molecule has 0 bridgehead atoms. The normalized spacial score (nSPS) is 10.5. The van der Waals surface area contributed by atoms with E-state index in [9.17, 15) is 19.2 Å². The van der Waals surface area contributed by atoms with Crippen LogP contribution in [-0.4, -0.2) is 44.4 Å². The molecule has 0 saturated carbocycles. The van der Waals surface area contributed by atoms with Crippen LogP contribution in [0.15, 0.2) is 122 Å². The van der Waals surface area contributed by atoms with Gasteiger partial charge in [0.15, 0.2) is 0 Å². The number of amides is 2. The van der Waals surface area contributed by atoms with E-state index in [0.717, 1.165) is 5.56 Å². The number of carboxylic acid groups (broad SMARTS) is 1. The minimum absolute atomic E-state index is 0.165. The molecule has 0 aliphatic carbocycles. The van der Waals surface area contributed by atoms with Crippen LogP contribution in [0.3, 0.4) is 0 Å². The highest BCUT2D eigenvalue weighted by molar-refractivity contribution is 6.35. The number of ether oxygens (including phenoxy) is 1. The van der Waals surface area contributed by atoms with E-state index in [1.807, 2.05) is 39.0 Å². The highest BCUT2D eigenvalue weighted by atomic mass is 35.5. The number of nitriles is 2. The molecule has 4 aromatic carbocycles. The molecule has 0 saturated heterocycles. The Balaban J connectivity index is 0.000000223. The minimum Gasteiger partial charge on any atom is -0.478 e. The Morgan fingerprint density at radius 3 is 1.48 bits per heavy atom. The summed E-state index contributed by atoms with van der Waals surface area (Å²) < 4.78 is 5.41. The van der Waals surface area contributed by atoms with E-state index in [1.54, 1.807) is 60.7 Å². The van der Waals surface area contributed by atoms with Crippen molar-refractivity contribution in [3.05, 3.63) is 165 Å². The van der Waals surface area contributed by atoms with E-state index >= 15 is 0 Å². The van der Waals surface area contributed by atoms with Gasteiger partial charge in [0, 0.05) is 11.1 Å². The van der Waals surface area contributed by atoms with Crippen molar-refractivity contribution in [2.45, 2.75) is 26.4 Å². The number of carbonyl (C=O) groups excluding carboxylic acids is 3. The molecule has 0 aliphatic rings. The van der Waals surface area contributed by atoms with Crippen molar-refractivity contribution in [3.63, 3.8) is 0 Å². The van der Waals surface area contributed by atoms with Gasteiger partial charge < -0.3 is 20.5 Å². The average Bonchev–Trinajstić information content (AvgIpc) is 3.21. The number of hydrogen-bond donors (Lipinski definition) is 3. The van der Waals surface area contributed by atoms with Crippen LogP contribution in [0.1, 0.15) is 73.3 Å². The lowest BCUT2D eigenvalue weighted by Crippen LogP contribution is -2.23. The molecule has 0 radical (unpaired) electrons. The monoisotopic (exact) mass is 810 g/mol. The van der Waals surface area contributed by atoms with Crippen LogP contribution >= 0.6 is 23.2 Å². The zero-order valence-corrected chi connectivity index (χ0v) is 32.6. The summed E-state index contributed by atoms with van der Waals surface area (Å²) in [5.74, 6) is -2.32. The third-order valence-corrected chi connectivity index (χ3v) is 8.58. The van der Waals surface area contributed by atoms with E-state index in [-0.39, 0.29) is 26.7 Å². The Morgan fingerprint density at radius 1 is 0.638 bits per heavy atom. The molecule has 6 rings (SSSR count). The van der Waals surface area contributed by atoms with Crippen molar-refractivity contribution in [3.8, 4) is 34.7 Å². The summed E-state index contributed by atoms with van der Waals surface area (Å²) in [4.78, 5) is 56.9. The maximum Gasteiger partial charge on any atom is 0.338 e. The fraction of sp³-hybridized carbons (Fsp3) is 0.0909. The molecule has 2 aromatic heterocycles. The predicted octanol–water partition coefficient (Wildman–Crippen LogP) is 9.71. The molecule has 6 aromatic rings. The highest BCUT2D eigenvalue weighted by Gasteiger charge is 2.19. The van der Waals surface area contributed by atoms with Gasteiger partial charge in [-0.05, 0) is 106 Å². The molecule has 2 heterocycles. The van der Waals surface area contributed by atoms with Gasteiger partial charge in [0.25, 0.3) is 11.8 Å². The van der Waals surface area contributed by atoms with E-state index in [0.29, 0.717) is 45.0 Å². The fourth-order valence-corrected chi connectivity index (χ4v) is 5.57. The standard InChI is InChI=1S/C24H20ClN3O3.C20H12ClN3O3/c1-24(2,3)31-23(30)17-6-4-5-16(12-17)21-10-8-18(14-27-21)28-22(29)19-11-15(13-26)7-9-20(19)25;21-17-6-4-12(10-22)8-16(17)19(25)24-15-5-7-18(23-11-15)13-2-1-3-14(9-13)20(26)27/h4-12,14H,1-3H3,(H,28,29);1-9,11H,(H,24,25)(H,26,27). The molecule has 0 atom stereocenters. The van der Waals surface area contributed by atoms with Gasteiger partial charge >= 0.3 is 11.9 Å². The van der Waals surface area contributed by atoms with Crippen LogP contribution in [-0.2, 0) is 4.74 Å². The fourth-order valence-electron chi connectivity index (χ4n) is 5.17. The number of nitrogens with one attached hydrogen (secondary N) is 2. The van der Waals surface area contributed by atoms with Crippen LogP contribution in [0.25, 0.3) is 22.5 Å². The van der Waals surface area contributed by atoms with Gasteiger partial charge in [-0.25, -0.2) is 9.59 Å². The van der Waals surface area contributed by atoms with Crippen molar-refractivity contribution in [2.24, 2.45) is 0 Å². The van der Waals surface area contributed by atoms with Gasteiger partial charge in [0.1, 0.15) is 5.60 Å². The number of carbonyl (C=O) groups is 4. The number of esters is 1. The third-order valence-electron chi connectivity index (χ3n) is 7.92. The Morgan fingerprint density at radius 2 is 1.09 bits per heavy atom. The summed E-state index contributed by atoms with van der Waals surface area (Å²) in [5.41, 5.74) is 4.58. The first kappa shape index (κ1) is 41.8. The highest BCUT2D eigenvalue weighted by Crippen LogP contribution is 2.25. The number of halogens is 2. The van der Waals surface area contributed by atoms with Crippen molar-refractivity contribution < 1.29 is 29.0 Å². The van der Waals surface area contributed by atoms with Gasteiger partial charge in [0.05, 0.1) is 90.7 Å². The smallest absolute Gasteiger partial charge is 0.338 e. The van der Waals surface area contributed by atoms with Gasteiger partial charge in [-0.2, -0.15) is 10.5 Å². The summed E-state index contributed by atoms with van der Waals surface area (Å²) >= 11 is 12.1. The molecule has 0 unspecified atom stereocenters. The third kappa shape index (κ3) is 11.1. The largest absolute Gasteiger partial charge is 0.478 e. The van der Waals surface area contributed by atoms with E-state index in [4.69, 9.17) is 43.6 Å². The summed E-state index contributed by atoms with van der Waals surface area (Å²) in [7, 11) is 0. The lowest BCUT2D eigenvalue weighted by atomic mass is 10.1. The number of pyridine rings is 2. The molecule has 0 spiro atoms. The zero-order valence-electron chi connectivity index (χ0n) is 31.1. The first-order valence-electron chi connectivity index (χ1n) is 17.3.